The van der Waals surface area contributed by atoms with Crippen LogP contribution < -0.4 is 10.5 Å². The van der Waals surface area contributed by atoms with E-state index in [4.69, 9.17) is 22.1 Å². The Morgan fingerprint density at radius 2 is 2.05 bits per heavy atom. The molecule has 0 aliphatic rings. The van der Waals surface area contributed by atoms with Gasteiger partial charge in [0.2, 0.25) is 5.91 Å². The van der Waals surface area contributed by atoms with Crippen LogP contribution in [0.25, 0.3) is 0 Å². The maximum Gasteiger partial charge on any atom is 0.276 e. The van der Waals surface area contributed by atoms with Crippen LogP contribution >= 0.6 is 27.5 Å². The van der Waals surface area contributed by atoms with Gasteiger partial charge in [0, 0.05) is 16.1 Å². The minimum atomic E-state index is -0.730. The molecule has 22 heavy (non-hydrogen) atoms. The van der Waals surface area contributed by atoms with Crippen molar-refractivity contribution < 1.29 is 14.5 Å². The quantitative estimate of drug-likeness (QED) is 0.627. The molecule has 0 fully saturated rings. The molecule has 8 heteroatoms. The molecule has 0 radical (unpaired) electrons. The molecule has 0 aliphatic carbocycles. The summed E-state index contributed by atoms with van der Waals surface area (Å²) in [5.41, 5.74) is 5.27. The van der Waals surface area contributed by atoms with Gasteiger partial charge in [-0.2, -0.15) is 0 Å². The fourth-order valence-electron chi connectivity index (χ4n) is 1.76. The average Bonchev–Trinajstić information content (AvgIpc) is 2.46. The zero-order valence-electron chi connectivity index (χ0n) is 11.1. The summed E-state index contributed by atoms with van der Waals surface area (Å²) < 4.78 is 6.29. The van der Waals surface area contributed by atoms with Crippen LogP contribution in [0, 0.1) is 10.1 Å². The normalized spacial score (nSPS) is 10.3. The summed E-state index contributed by atoms with van der Waals surface area (Å²) in [6.07, 6.45) is 0. The highest BCUT2D eigenvalue weighted by molar-refractivity contribution is 9.10. The summed E-state index contributed by atoms with van der Waals surface area (Å²) in [7, 11) is 0. The van der Waals surface area contributed by atoms with E-state index >= 15 is 0 Å². The number of nitrogens with zero attached hydrogens (tertiary/aromatic N) is 1. The summed E-state index contributed by atoms with van der Waals surface area (Å²) in [5.74, 6) is -0.329. The SMILES string of the molecule is NC(=O)c1ccc(COc2ccc(Br)cc2Cl)c([N+](=O)[O-])c1. The van der Waals surface area contributed by atoms with Crippen LogP contribution in [0.4, 0.5) is 5.69 Å². The number of hydrogen-bond donors (Lipinski definition) is 1. The molecule has 0 unspecified atom stereocenters. The lowest BCUT2D eigenvalue weighted by Gasteiger charge is -2.09. The molecule has 0 aromatic heterocycles. The van der Waals surface area contributed by atoms with Crippen molar-refractivity contribution in [1.29, 1.82) is 0 Å². The highest BCUT2D eigenvalue weighted by Gasteiger charge is 2.17. The maximum absolute atomic E-state index is 11.1. The Bertz CT molecular complexity index is 752. The van der Waals surface area contributed by atoms with Crippen LogP contribution in [0.5, 0.6) is 5.75 Å². The van der Waals surface area contributed by atoms with Crippen LogP contribution in [-0.2, 0) is 6.61 Å². The van der Waals surface area contributed by atoms with Crippen LogP contribution in [0.1, 0.15) is 15.9 Å². The second-order valence-electron chi connectivity index (χ2n) is 4.33. The lowest BCUT2D eigenvalue weighted by molar-refractivity contribution is -0.385. The molecular formula is C14H10BrClN2O4. The van der Waals surface area contributed by atoms with Crippen LogP contribution in [0.2, 0.25) is 5.02 Å². The third-order valence-corrected chi connectivity index (χ3v) is 3.63. The second-order valence-corrected chi connectivity index (χ2v) is 5.65. The molecule has 2 N–H and O–H groups in total. The zero-order valence-corrected chi connectivity index (χ0v) is 13.4. The average molecular weight is 386 g/mol. The van der Waals surface area contributed by atoms with Gasteiger partial charge in [-0.3, -0.25) is 14.9 Å². The molecule has 0 spiro atoms. The third-order valence-electron chi connectivity index (χ3n) is 2.84. The van der Waals surface area contributed by atoms with E-state index in [2.05, 4.69) is 15.9 Å². The smallest absolute Gasteiger partial charge is 0.276 e. The standard InChI is InChI=1S/C14H10BrClN2O4/c15-10-3-4-13(11(16)6-10)22-7-9-2-1-8(14(17)19)5-12(9)18(20)21/h1-6H,7H2,(H2,17,19). The molecule has 6 nitrogen and oxygen atoms in total. The van der Waals surface area contributed by atoms with E-state index < -0.39 is 10.8 Å². The first kappa shape index (κ1) is 16.3. The Morgan fingerprint density at radius 3 is 2.64 bits per heavy atom. The zero-order chi connectivity index (χ0) is 16.3. The van der Waals surface area contributed by atoms with Gasteiger partial charge in [-0.05, 0) is 30.3 Å². The van der Waals surface area contributed by atoms with Crippen molar-refractivity contribution >= 4 is 39.1 Å². The number of hydrogen-bond acceptors (Lipinski definition) is 4. The number of nitro benzene ring substituents is 1. The number of rotatable bonds is 5. The van der Waals surface area contributed by atoms with Crippen molar-refractivity contribution in [1.82, 2.24) is 0 Å². The minimum Gasteiger partial charge on any atom is -0.487 e. The molecule has 0 aliphatic heterocycles. The number of nitro groups is 1. The lowest BCUT2D eigenvalue weighted by Crippen LogP contribution is -2.12. The van der Waals surface area contributed by atoms with Gasteiger partial charge >= 0.3 is 0 Å². The molecule has 2 aromatic rings. The number of carbonyl (C=O) groups excluding carboxylic acids is 1. The fourth-order valence-corrected chi connectivity index (χ4v) is 2.48. The van der Waals surface area contributed by atoms with Gasteiger partial charge in [-0.25, -0.2) is 0 Å². The van der Waals surface area contributed by atoms with E-state index in [0.717, 1.165) is 10.5 Å². The van der Waals surface area contributed by atoms with Gasteiger partial charge < -0.3 is 10.5 Å². The largest absolute Gasteiger partial charge is 0.487 e. The summed E-state index contributed by atoms with van der Waals surface area (Å²) in [6.45, 7) is -0.0588. The third kappa shape index (κ3) is 3.75. The number of ether oxygens (including phenoxy) is 1. The summed E-state index contributed by atoms with van der Waals surface area (Å²) in [4.78, 5) is 21.6. The second kappa shape index (κ2) is 6.76. The van der Waals surface area contributed by atoms with Crippen LogP contribution in [0.15, 0.2) is 40.9 Å². The molecule has 0 atom stereocenters. The van der Waals surface area contributed by atoms with Gasteiger partial charge in [0.1, 0.15) is 12.4 Å². The van der Waals surface area contributed by atoms with E-state index in [0.29, 0.717) is 16.3 Å². The Hall–Kier alpha value is -2.12. The van der Waals surface area contributed by atoms with Gasteiger partial charge in [-0.1, -0.05) is 27.5 Å². The van der Waals surface area contributed by atoms with E-state index in [-0.39, 0.29) is 17.9 Å². The lowest BCUT2D eigenvalue weighted by atomic mass is 10.1. The van der Waals surface area contributed by atoms with E-state index in [1.807, 2.05) is 0 Å². The molecule has 1 amide bonds. The number of amides is 1. The van der Waals surface area contributed by atoms with E-state index in [9.17, 15) is 14.9 Å². The van der Waals surface area contributed by atoms with Gasteiger partial charge in [0.25, 0.3) is 5.69 Å². The Morgan fingerprint density at radius 1 is 1.32 bits per heavy atom. The number of nitrogens with two attached hydrogens (primary N) is 1. The van der Waals surface area contributed by atoms with E-state index in [1.54, 1.807) is 18.2 Å². The summed E-state index contributed by atoms with van der Waals surface area (Å²) in [6, 6.07) is 9.02. The number of benzene rings is 2. The van der Waals surface area contributed by atoms with Crippen molar-refractivity contribution in [2.24, 2.45) is 5.73 Å². The molecule has 2 aromatic carbocycles. The van der Waals surface area contributed by atoms with Crippen molar-refractivity contribution in [3.63, 3.8) is 0 Å². The Kier molecular flexibility index (Phi) is 4.99. The fraction of sp³-hybridized carbons (Fsp3) is 0.0714. The highest BCUT2D eigenvalue weighted by atomic mass is 79.9. The molecule has 0 saturated carbocycles. The predicted molar refractivity (Wildman–Crippen MR) is 85.1 cm³/mol. The number of carbonyl (C=O) groups is 1. The molecule has 0 heterocycles. The first-order valence-electron chi connectivity index (χ1n) is 6.03. The van der Waals surface area contributed by atoms with Crippen molar-refractivity contribution in [2.45, 2.75) is 6.61 Å². The highest BCUT2D eigenvalue weighted by Crippen LogP contribution is 2.29. The topological polar surface area (TPSA) is 95.5 Å². The predicted octanol–water partition coefficient (Wildman–Crippen LogP) is 3.69. The van der Waals surface area contributed by atoms with Crippen molar-refractivity contribution in [3.05, 3.63) is 67.1 Å². The van der Waals surface area contributed by atoms with Crippen molar-refractivity contribution in [2.75, 3.05) is 0 Å². The molecular weight excluding hydrogens is 376 g/mol. The maximum atomic E-state index is 11.1. The molecule has 0 bridgehead atoms. The van der Waals surface area contributed by atoms with Gasteiger partial charge in [0.15, 0.2) is 0 Å². The van der Waals surface area contributed by atoms with Crippen molar-refractivity contribution in [3.8, 4) is 5.75 Å². The van der Waals surface area contributed by atoms with Crippen LogP contribution in [-0.4, -0.2) is 10.8 Å². The summed E-state index contributed by atoms with van der Waals surface area (Å²) in [5, 5.41) is 11.5. The molecule has 0 saturated heterocycles. The Labute approximate surface area is 139 Å². The number of halogens is 2. The monoisotopic (exact) mass is 384 g/mol. The first-order chi connectivity index (χ1) is 10.4. The van der Waals surface area contributed by atoms with E-state index in [1.165, 1.54) is 12.1 Å². The van der Waals surface area contributed by atoms with Gasteiger partial charge in [0.05, 0.1) is 15.5 Å². The number of primary amides is 1. The minimum absolute atomic E-state index is 0.0588. The molecule has 114 valence electrons. The molecule has 2 rings (SSSR count). The summed E-state index contributed by atoms with van der Waals surface area (Å²) >= 11 is 9.29. The van der Waals surface area contributed by atoms with Crippen LogP contribution in [0.3, 0.4) is 0 Å². The Balaban J connectivity index is 2.25. The first-order valence-corrected chi connectivity index (χ1v) is 7.20. The van der Waals surface area contributed by atoms with Gasteiger partial charge in [-0.15, -0.1) is 0 Å².